The monoisotopic (exact) mass is 289 g/mol. The van der Waals surface area contributed by atoms with Crippen molar-refractivity contribution < 1.29 is 9.59 Å². The number of hydrogen-bond acceptors (Lipinski definition) is 3. The highest BCUT2D eigenvalue weighted by molar-refractivity contribution is 7.17. The number of carbonyl (C=O) groups excluding carboxylic acids is 2. The van der Waals surface area contributed by atoms with E-state index in [-0.39, 0.29) is 11.9 Å². The second-order valence-corrected chi connectivity index (χ2v) is 5.60. The molecule has 0 saturated carbocycles. The predicted molar refractivity (Wildman–Crippen MR) is 79.1 cm³/mol. The molecule has 0 bridgehead atoms. The largest absolute Gasteiger partial charge is 0.350 e. The minimum atomic E-state index is -0.0993. The molecule has 0 atom stereocenters. The highest BCUT2D eigenvalue weighted by Gasteiger charge is 2.18. The van der Waals surface area contributed by atoms with Gasteiger partial charge in [0.1, 0.15) is 0 Å². The number of nitrogens with zero attached hydrogens (tertiary/aromatic N) is 1. The number of thiophene rings is 1. The predicted octanol–water partition coefficient (Wildman–Crippen LogP) is 1.66. The van der Waals surface area contributed by atoms with Crippen LogP contribution in [0.15, 0.2) is 29.6 Å². The van der Waals surface area contributed by atoms with E-state index in [2.05, 4.69) is 10.6 Å². The molecule has 2 heterocycles. The third kappa shape index (κ3) is 2.60. The third-order valence-corrected chi connectivity index (χ3v) is 4.22. The number of rotatable bonds is 4. The van der Waals surface area contributed by atoms with Gasteiger partial charge in [-0.2, -0.15) is 0 Å². The Hall–Kier alpha value is -2.08. The molecule has 3 amide bonds. The van der Waals surface area contributed by atoms with Gasteiger partial charge >= 0.3 is 6.03 Å². The SMILES string of the molecule is O=C(NCCN1CCNC1=O)c1ccc2sccc2c1. The Balaban J connectivity index is 1.57. The Kier molecular flexibility index (Phi) is 3.56. The zero-order valence-corrected chi connectivity index (χ0v) is 11.7. The first kappa shape index (κ1) is 12.9. The summed E-state index contributed by atoms with van der Waals surface area (Å²) in [6.45, 7) is 2.39. The van der Waals surface area contributed by atoms with Gasteiger partial charge in [0.2, 0.25) is 0 Å². The lowest BCUT2D eigenvalue weighted by atomic mass is 10.1. The summed E-state index contributed by atoms with van der Waals surface area (Å²) in [5, 5.41) is 8.68. The fourth-order valence-corrected chi connectivity index (χ4v) is 3.01. The summed E-state index contributed by atoms with van der Waals surface area (Å²) in [4.78, 5) is 25.1. The van der Waals surface area contributed by atoms with Crippen LogP contribution in [0.4, 0.5) is 4.79 Å². The molecule has 1 fully saturated rings. The molecule has 1 aromatic heterocycles. The molecule has 0 radical (unpaired) electrons. The van der Waals surface area contributed by atoms with Crippen LogP contribution in [0, 0.1) is 0 Å². The third-order valence-electron chi connectivity index (χ3n) is 3.33. The number of nitrogens with one attached hydrogen (secondary N) is 2. The van der Waals surface area contributed by atoms with Crippen LogP contribution < -0.4 is 10.6 Å². The maximum absolute atomic E-state index is 12.0. The molecule has 5 nitrogen and oxygen atoms in total. The van der Waals surface area contributed by atoms with E-state index in [0.717, 1.165) is 5.39 Å². The molecule has 1 saturated heterocycles. The molecule has 1 aromatic carbocycles. The van der Waals surface area contributed by atoms with E-state index in [1.807, 2.05) is 29.6 Å². The molecule has 6 heteroatoms. The van der Waals surface area contributed by atoms with Crippen LogP contribution in [-0.4, -0.2) is 43.0 Å². The van der Waals surface area contributed by atoms with Gasteiger partial charge in [-0.15, -0.1) is 11.3 Å². The van der Waals surface area contributed by atoms with E-state index in [9.17, 15) is 9.59 Å². The smallest absolute Gasteiger partial charge is 0.317 e. The van der Waals surface area contributed by atoms with Crippen LogP contribution in [0.3, 0.4) is 0 Å². The molecular weight excluding hydrogens is 274 g/mol. The minimum Gasteiger partial charge on any atom is -0.350 e. The highest BCUT2D eigenvalue weighted by atomic mass is 32.1. The molecule has 3 rings (SSSR count). The minimum absolute atomic E-state index is 0.0565. The van der Waals surface area contributed by atoms with E-state index in [1.54, 1.807) is 16.2 Å². The lowest BCUT2D eigenvalue weighted by molar-refractivity contribution is 0.0950. The lowest BCUT2D eigenvalue weighted by Gasteiger charge is -2.14. The maximum Gasteiger partial charge on any atom is 0.317 e. The number of urea groups is 1. The van der Waals surface area contributed by atoms with Gasteiger partial charge in [-0.05, 0) is 35.0 Å². The first-order valence-electron chi connectivity index (χ1n) is 6.52. The van der Waals surface area contributed by atoms with Crippen molar-refractivity contribution in [2.75, 3.05) is 26.2 Å². The topological polar surface area (TPSA) is 61.4 Å². The van der Waals surface area contributed by atoms with E-state index in [1.165, 1.54) is 4.70 Å². The van der Waals surface area contributed by atoms with Crippen molar-refractivity contribution >= 4 is 33.4 Å². The Morgan fingerprint density at radius 2 is 2.30 bits per heavy atom. The lowest BCUT2D eigenvalue weighted by Crippen LogP contribution is -2.36. The van der Waals surface area contributed by atoms with Crippen LogP contribution in [0.25, 0.3) is 10.1 Å². The fraction of sp³-hybridized carbons (Fsp3) is 0.286. The van der Waals surface area contributed by atoms with E-state index >= 15 is 0 Å². The molecule has 2 aromatic rings. The van der Waals surface area contributed by atoms with Crippen LogP contribution >= 0.6 is 11.3 Å². The summed E-state index contributed by atoms with van der Waals surface area (Å²) in [7, 11) is 0. The normalized spacial score (nSPS) is 14.6. The fourth-order valence-electron chi connectivity index (χ4n) is 2.24. The summed E-state index contributed by atoms with van der Waals surface area (Å²) in [5.74, 6) is -0.0993. The zero-order valence-electron chi connectivity index (χ0n) is 10.9. The molecule has 0 unspecified atom stereocenters. The molecule has 104 valence electrons. The summed E-state index contributed by atoms with van der Waals surface area (Å²) in [6, 6.07) is 7.63. The van der Waals surface area contributed by atoms with Gasteiger partial charge in [-0.3, -0.25) is 4.79 Å². The van der Waals surface area contributed by atoms with Gasteiger partial charge in [-0.25, -0.2) is 4.79 Å². The second-order valence-electron chi connectivity index (χ2n) is 4.65. The molecule has 1 aliphatic heterocycles. The Morgan fingerprint density at radius 1 is 1.40 bits per heavy atom. The molecule has 2 N–H and O–H groups in total. The Morgan fingerprint density at radius 3 is 3.10 bits per heavy atom. The van der Waals surface area contributed by atoms with Crippen molar-refractivity contribution in [1.82, 2.24) is 15.5 Å². The Labute approximate surface area is 120 Å². The molecular formula is C14H15N3O2S. The first-order valence-corrected chi connectivity index (χ1v) is 7.40. The van der Waals surface area contributed by atoms with Gasteiger partial charge in [0.15, 0.2) is 0 Å². The summed E-state index contributed by atoms with van der Waals surface area (Å²) in [5.41, 5.74) is 0.654. The van der Waals surface area contributed by atoms with E-state index in [4.69, 9.17) is 0 Å². The number of amides is 3. The maximum atomic E-state index is 12.0. The van der Waals surface area contributed by atoms with Crippen molar-refractivity contribution in [3.63, 3.8) is 0 Å². The summed E-state index contributed by atoms with van der Waals surface area (Å²) < 4.78 is 1.18. The number of benzene rings is 1. The van der Waals surface area contributed by atoms with Crippen molar-refractivity contribution in [2.24, 2.45) is 0 Å². The summed E-state index contributed by atoms with van der Waals surface area (Å²) in [6.07, 6.45) is 0. The molecule has 0 spiro atoms. The van der Waals surface area contributed by atoms with Crippen molar-refractivity contribution in [3.8, 4) is 0 Å². The van der Waals surface area contributed by atoms with Gasteiger partial charge in [0.05, 0.1) is 0 Å². The average molecular weight is 289 g/mol. The van der Waals surface area contributed by atoms with Crippen molar-refractivity contribution in [2.45, 2.75) is 0 Å². The standard InChI is InChI=1S/C14H15N3O2S/c18-13(15-4-6-17-7-5-16-14(17)19)11-1-2-12-10(9-11)3-8-20-12/h1-3,8-9H,4-7H2,(H,15,18)(H,16,19). The number of hydrogen-bond donors (Lipinski definition) is 2. The van der Waals surface area contributed by atoms with Crippen LogP contribution in [0.1, 0.15) is 10.4 Å². The van der Waals surface area contributed by atoms with Crippen molar-refractivity contribution in [3.05, 3.63) is 35.2 Å². The first-order chi connectivity index (χ1) is 9.74. The quantitative estimate of drug-likeness (QED) is 0.899. The second kappa shape index (κ2) is 5.50. The molecule has 1 aliphatic rings. The molecule has 0 aliphatic carbocycles. The van der Waals surface area contributed by atoms with E-state index < -0.39 is 0 Å². The Bertz CT molecular complexity index is 653. The molecule has 20 heavy (non-hydrogen) atoms. The number of fused-ring (bicyclic) bond motifs is 1. The van der Waals surface area contributed by atoms with Gasteiger partial charge in [-0.1, -0.05) is 0 Å². The number of carbonyl (C=O) groups is 2. The van der Waals surface area contributed by atoms with Gasteiger partial charge in [0, 0.05) is 36.4 Å². The van der Waals surface area contributed by atoms with Crippen LogP contribution in [-0.2, 0) is 0 Å². The van der Waals surface area contributed by atoms with Gasteiger partial charge < -0.3 is 15.5 Å². The summed E-state index contributed by atoms with van der Waals surface area (Å²) >= 11 is 1.66. The van der Waals surface area contributed by atoms with Crippen LogP contribution in [0.2, 0.25) is 0 Å². The van der Waals surface area contributed by atoms with Crippen LogP contribution in [0.5, 0.6) is 0 Å². The highest BCUT2D eigenvalue weighted by Crippen LogP contribution is 2.21. The van der Waals surface area contributed by atoms with E-state index in [0.29, 0.717) is 31.7 Å². The zero-order chi connectivity index (χ0) is 13.9. The van der Waals surface area contributed by atoms with Crippen molar-refractivity contribution in [1.29, 1.82) is 0 Å². The average Bonchev–Trinajstić information content (AvgIpc) is 3.07. The van der Waals surface area contributed by atoms with Gasteiger partial charge in [0.25, 0.3) is 5.91 Å².